The predicted octanol–water partition coefficient (Wildman–Crippen LogP) is 3.30. The maximum absolute atomic E-state index is 4.07. The summed E-state index contributed by atoms with van der Waals surface area (Å²) in [6.07, 6.45) is 8.12. The molecule has 2 aromatic rings. The van der Waals surface area contributed by atoms with Crippen molar-refractivity contribution in [1.82, 2.24) is 4.98 Å². The standard InChI is InChI=1S/C16H21N2/c1-13(2)16-5-4-10-18(12-16)11-14(3)15-6-8-17-9-7-15/h4-10,12-14H,11H2,1-3H3/q+1. The van der Waals surface area contributed by atoms with E-state index in [1.807, 2.05) is 12.4 Å². The Hall–Kier alpha value is -1.70. The van der Waals surface area contributed by atoms with Gasteiger partial charge >= 0.3 is 0 Å². The Kier molecular flexibility index (Phi) is 4.08. The van der Waals surface area contributed by atoms with Crippen LogP contribution in [0.3, 0.4) is 0 Å². The van der Waals surface area contributed by atoms with E-state index < -0.39 is 0 Å². The summed E-state index contributed by atoms with van der Waals surface area (Å²) in [6.45, 7) is 7.72. The second-order valence-electron chi connectivity index (χ2n) is 5.17. The van der Waals surface area contributed by atoms with Crippen molar-refractivity contribution in [2.24, 2.45) is 0 Å². The van der Waals surface area contributed by atoms with E-state index >= 15 is 0 Å². The summed E-state index contributed by atoms with van der Waals surface area (Å²) >= 11 is 0. The lowest BCUT2D eigenvalue weighted by atomic mass is 10.0. The first kappa shape index (κ1) is 12.7. The molecule has 0 aliphatic rings. The van der Waals surface area contributed by atoms with Crippen molar-refractivity contribution in [3.63, 3.8) is 0 Å². The van der Waals surface area contributed by atoms with Crippen LogP contribution in [0, 0.1) is 0 Å². The Labute approximate surface area is 109 Å². The molecule has 0 fully saturated rings. The van der Waals surface area contributed by atoms with Crippen molar-refractivity contribution in [3.05, 3.63) is 60.2 Å². The highest BCUT2D eigenvalue weighted by molar-refractivity contribution is 5.14. The van der Waals surface area contributed by atoms with Crippen molar-refractivity contribution < 1.29 is 4.57 Å². The summed E-state index contributed by atoms with van der Waals surface area (Å²) in [4.78, 5) is 4.07. The zero-order valence-corrected chi connectivity index (χ0v) is 11.4. The van der Waals surface area contributed by atoms with Gasteiger partial charge in [0.1, 0.15) is 0 Å². The smallest absolute Gasteiger partial charge is 0.172 e. The van der Waals surface area contributed by atoms with E-state index in [1.54, 1.807) is 0 Å². The van der Waals surface area contributed by atoms with Crippen LogP contribution in [0.2, 0.25) is 0 Å². The molecule has 0 N–H and O–H groups in total. The second-order valence-corrected chi connectivity index (χ2v) is 5.17. The highest BCUT2D eigenvalue weighted by Gasteiger charge is 2.12. The highest BCUT2D eigenvalue weighted by atomic mass is 14.9. The third kappa shape index (κ3) is 3.16. The van der Waals surface area contributed by atoms with E-state index in [0.29, 0.717) is 11.8 Å². The maximum atomic E-state index is 4.07. The molecule has 0 saturated carbocycles. The Morgan fingerprint density at radius 3 is 2.44 bits per heavy atom. The summed E-state index contributed by atoms with van der Waals surface area (Å²) in [5.41, 5.74) is 2.73. The van der Waals surface area contributed by atoms with E-state index in [9.17, 15) is 0 Å². The van der Waals surface area contributed by atoms with Crippen LogP contribution in [-0.4, -0.2) is 4.98 Å². The Morgan fingerprint density at radius 2 is 1.78 bits per heavy atom. The number of hydrogen-bond donors (Lipinski definition) is 0. The molecule has 2 aromatic heterocycles. The summed E-state index contributed by atoms with van der Waals surface area (Å²) in [5, 5.41) is 0. The topological polar surface area (TPSA) is 16.8 Å². The molecule has 0 aliphatic carbocycles. The molecule has 0 radical (unpaired) electrons. The molecule has 2 heterocycles. The van der Waals surface area contributed by atoms with E-state index in [-0.39, 0.29) is 0 Å². The number of nitrogens with zero attached hydrogens (tertiary/aromatic N) is 2. The molecule has 0 spiro atoms. The third-order valence-electron chi connectivity index (χ3n) is 3.31. The molecule has 2 rings (SSSR count). The van der Waals surface area contributed by atoms with Crippen LogP contribution >= 0.6 is 0 Å². The van der Waals surface area contributed by atoms with Gasteiger partial charge in [0.25, 0.3) is 0 Å². The molecule has 2 nitrogen and oxygen atoms in total. The molecule has 2 heteroatoms. The normalized spacial score (nSPS) is 12.7. The highest BCUT2D eigenvalue weighted by Crippen LogP contribution is 2.15. The predicted molar refractivity (Wildman–Crippen MR) is 73.4 cm³/mol. The Morgan fingerprint density at radius 1 is 1.06 bits per heavy atom. The third-order valence-corrected chi connectivity index (χ3v) is 3.31. The molecular weight excluding hydrogens is 220 g/mol. The quantitative estimate of drug-likeness (QED) is 0.750. The molecule has 0 aliphatic heterocycles. The maximum Gasteiger partial charge on any atom is 0.172 e. The van der Waals surface area contributed by atoms with Crippen LogP contribution in [-0.2, 0) is 6.54 Å². The van der Waals surface area contributed by atoms with E-state index in [4.69, 9.17) is 0 Å². The number of rotatable bonds is 4. The van der Waals surface area contributed by atoms with E-state index in [2.05, 4.69) is 67.0 Å². The fourth-order valence-electron chi connectivity index (χ4n) is 2.11. The van der Waals surface area contributed by atoms with E-state index in [0.717, 1.165) is 6.54 Å². The van der Waals surface area contributed by atoms with Gasteiger partial charge in [-0.05, 0) is 29.7 Å². The lowest BCUT2D eigenvalue weighted by Crippen LogP contribution is -2.36. The fourth-order valence-corrected chi connectivity index (χ4v) is 2.11. The van der Waals surface area contributed by atoms with Crippen molar-refractivity contribution in [2.45, 2.75) is 39.2 Å². The first-order chi connectivity index (χ1) is 8.66. The van der Waals surface area contributed by atoms with Crippen molar-refractivity contribution in [1.29, 1.82) is 0 Å². The summed E-state index contributed by atoms with van der Waals surface area (Å²) in [6, 6.07) is 8.52. The molecule has 0 aromatic carbocycles. The zero-order valence-electron chi connectivity index (χ0n) is 11.4. The first-order valence-electron chi connectivity index (χ1n) is 6.55. The number of hydrogen-bond acceptors (Lipinski definition) is 1. The average Bonchev–Trinajstić information content (AvgIpc) is 2.40. The first-order valence-corrected chi connectivity index (χ1v) is 6.55. The van der Waals surface area contributed by atoms with Crippen molar-refractivity contribution in [2.75, 3.05) is 0 Å². The van der Waals surface area contributed by atoms with Crippen LogP contribution in [0.1, 0.15) is 43.7 Å². The SMILES string of the molecule is CC(C)c1ccc[n+](CC(C)c2ccncc2)c1. The van der Waals surface area contributed by atoms with Gasteiger partial charge in [-0.15, -0.1) is 0 Å². The van der Waals surface area contributed by atoms with Gasteiger partial charge in [0, 0.05) is 29.9 Å². The average molecular weight is 241 g/mol. The van der Waals surface area contributed by atoms with Crippen LogP contribution in [0.5, 0.6) is 0 Å². The van der Waals surface area contributed by atoms with Gasteiger partial charge in [0.05, 0.1) is 0 Å². The van der Waals surface area contributed by atoms with Crippen molar-refractivity contribution in [3.8, 4) is 0 Å². The number of aromatic nitrogens is 2. The lowest BCUT2D eigenvalue weighted by Gasteiger charge is -2.09. The van der Waals surface area contributed by atoms with Crippen LogP contribution in [0.4, 0.5) is 0 Å². The summed E-state index contributed by atoms with van der Waals surface area (Å²) < 4.78 is 2.28. The van der Waals surface area contributed by atoms with Gasteiger partial charge in [-0.1, -0.05) is 20.8 Å². The second kappa shape index (κ2) is 5.76. The molecule has 0 saturated heterocycles. The molecule has 0 bridgehead atoms. The molecule has 0 amide bonds. The molecule has 94 valence electrons. The zero-order chi connectivity index (χ0) is 13.0. The minimum atomic E-state index is 0.500. The van der Waals surface area contributed by atoms with Gasteiger partial charge in [-0.3, -0.25) is 4.98 Å². The number of pyridine rings is 2. The van der Waals surface area contributed by atoms with Crippen molar-refractivity contribution >= 4 is 0 Å². The largest absolute Gasteiger partial charge is 0.265 e. The molecular formula is C16H21N2+. The monoisotopic (exact) mass is 241 g/mol. The van der Waals surface area contributed by atoms with E-state index in [1.165, 1.54) is 11.1 Å². The van der Waals surface area contributed by atoms with Gasteiger partial charge in [0.15, 0.2) is 18.9 Å². The summed E-state index contributed by atoms with van der Waals surface area (Å²) in [5.74, 6) is 1.08. The van der Waals surface area contributed by atoms with Crippen LogP contribution in [0.15, 0.2) is 49.1 Å². The molecule has 18 heavy (non-hydrogen) atoms. The minimum absolute atomic E-state index is 0.500. The summed E-state index contributed by atoms with van der Waals surface area (Å²) in [7, 11) is 0. The van der Waals surface area contributed by atoms with Gasteiger partial charge in [-0.2, -0.15) is 0 Å². The Balaban J connectivity index is 2.12. The Bertz CT molecular complexity index is 491. The minimum Gasteiger partial charge on any atom is -0.265 e. The lowest BCUT2D eigenvalue weighted by molar-refractivity contribution is -0.699. The van der Waals surface area contributed by atoms with Crippen LogP contribution < -0.4 is 4.57 Å². The fraction of sp³-hybridized carbons (Fsp3) is 0.375. The molecule has 1 unspecified atom stereocenters. The molecule has 1 atom stereocenters. The van der Waals surface area contributed by atoms with Gasteiger partial charge in [0.2, 0.25) is 0 Å². The van der Waals surface area contributed by atoms with Gasteiger partial charge < -0.3 is 0 Å². The van der Waals surface area contributed by atoms with Gasteiger partial charge in [-0.25, -0.2) is 4.57 Å². The van der Waals surface area contributed by atoms with Crippen LogP contribution in [0.25, 0.3) is 0 Å².